The second-order valence-corrected chi connectivity index (χ2v) is 4.18. The van der Waals surface area contributed by atoms with E-state index in [1.54, 1.807) is 6.08 Å². The summed E-state index contributed by atoms with van der Waals surface area (Å²) in [5.74, 6) is 0. The van der Waals surface area contributed by atoms with E-state index < -0.39 is 0 Å². The normalized spacial score (nSPS) is 9.94. The molecule has 17 heavy (non-hydrogen) atoms. The SMILES string of the molecule is C=CC(=C)c1ccc(-c2cccc(C)c2)cc1. The Kier molecular flexibility index (Phi) is 3.24. The summed E-state index contributed by atoms with van der Waals surface area (Å²) in [7, 11) is 0. The van der Waals surface area contributed by atoms with Gasteiger partial charge in [0.25, 0.3) is 0 Å². The molecule has 0 saturated heterocycles. The first-order valence-corrected chi connectivity index (χ1v) is 5.69. The van der Waals surface area contributed by atoms with Crippen LogP contribution in [0.2, 0.25) is 0 Å². The third-order valence-electron chi connectivity index (χ3n) is 2.85. The van der Waals surface area contributed by atoms with Crippen molar-refractivity contribution in [1.82, 2.24) is 0 Å². The summed E-state index contributed by atoms with van der Waals surface area (Å²) < 4.78 is 0. The van der Waals surface area contributed by atoms with Gasteiger partial charge in [0.05, 0.1) is 0 Å². The molecule has 2 aromatic carbocycles. The highest BCUT2D eigenvalue weighted by Crippen LogP contribution is 2.22. The fourth-order valence-corrected chi connectivity index (χ4v) is 1.82. The van der Waals surface area contributed by atoms with E-state index in [0.717, 1.165) is 11.1 Å². The topological polar surface area (TPSA) is 0 Å². The fraction of sp³-hybridized carbons (Fsp3) is 0.0588. The molecule has 0 spiro atoms. The van der Waals surface area contributed by atoms with Crippen molar-refractivity contribution in [3.05, 3.63) is 78.9 Å². The lowest BCUT2D eigenvalue weighted by atomic mass is 10.00. The number of benzene rings is 2. The predicted octanol–water partition coefficient (Wildman–Crippen LogP) is 4.86. The Morgan fingerprint density at radius 3 is 2.29 bits per heavy atom. The van der Waals surface area contributed by atoms with Crippen molar-refractivity contribution < 1.29 is 0 Å². The van der Waals surface area contributed by atoms with E-state index in [9.17, 15) is 0 Å². The van der Waals surface area contributed by atoms with Gasteiger partial charge in [0, 0.05) is 0 Å². The van der Waals surface area contributed by atoms with Gasteiger partial charge in [-0.1, -0.05) is 73.3 Å². The third kappa shape index (κ3) is 2.54. The number of hydrogen-bond acceptors (Lipinski definition) is 0. The first-order chi connectivity index (χ1) is 8.20. The van der Waals surface area contributed by atoms with Gasteiger partial charge in [-0.25, -0.2) is 0 Å². The van der Waals surface area contributed by atoms with E-state index in [0.29, 0.717) is 0 Å². The molecular weight excluding hydrogens is 204 g/mol. The molecule has 0 aliphatic rings. The Morgan fingerprint density at radius 1 is 1.00 bits per heavy atom. The molecule has 0 fully saturated rings. The first kappa shape index (κ1) is 11.4. The molecule has 0 radical (unpaired) electrons. The first-order valence-electron chi connectivity index (χ1n) is 5.69. The van der Waals surface area contributed by atoms with Crippen molar-refractivity contribution in [3.8, 4) is 11.1 Å². The molecule has 0 aliphatic heterocycles. The van der Waals surface area contributed by atoms with Crippen LogP contribution >= 0.6 is 0 Å². The van der Waals surface area contributed by atoms with E-state index >= 15 is 0 Å². The van der Waals surface area contributed by atoms with Crippen LogP contribution in [0.4, 0.5) is 0 Å². The monoisotopic (exact) mass is 220 g/mol. The second kappa shape index (κ2) is 4.84. The van der Waals surface area contributed by atoms with Gasteiger partial charge in [-0.2, -0.15) is 0 Å². The van der Waals surface area contributed by atoms with Gasteiger partial charge >= 0.3 is 0 Å². The lowest BCUT2D eigenvalue weighted by Crippen LogP contribution is -1.82. The van der Waals surface area contributed by atoms with Crippen LogP contribution in [0.25, 0.3) is 16.7 Å². The molecule has 0 bridgehead atoms. The van der Waals surface area contributed by atoms with Crippen molar-refractivity contribution >= 4 is 5.57 Å². The minimum Gasteiger partial charge on any atom is -0.0985 e. The standard InChI is InChI=1S/C17H16/c1-4-14(3)15-8-10-16(11-9-15)17-7-5-6-13(2)12-17/h4-12H,1,3H2,2H3. The fourth-order valence-electron chi connectivity index (χ4n) is 1.82. The second-order valence-electron chi connectivity index (χ2n) is 4.18. The molecule has 0 aromatic heterocycles. The lowest BCUT2D eigenvalue weighted by Gasteiger charge is -2.05. The molecule has 0 atom stereocenters. The predicted molar refractivity (Wildman–Crippen MR) is 75.8 cm³/mol. The molecule has 0 heterocycles. The summed E-state index contributed by atoms with van der Waals surface area (Å²) in [5.41, 5.74) is 5.84. The van der Waals surface area contributed by atoms with Gasteiger partial charge in [0.1, 0.15) is 0 Å². The molecule has 0 heteroatoms. The summed E-state index contributed by atoms with van der Waals surface area (Å²) in [6, 6.07) is 16.9. The van der Waals surface area contributed by atoms with E-state index in [1.165, 1.54) is 16.7 Å². The molecule has 0 nitrogen and oxygen atoms in total. The van der Waals surface area contributed by atoms with Gasteiger partial charge in [-0.15, -0.1) is 0 Å². The van der Waals surface area contributed by atoms with E-state index in [1.807, 2.05) is 0 Å². The smallest absolute Gasteiger partial charge is 0.0181 e. The van der Waals surface area contributed by atoms with Crippen LogP contribution in [0, 0.1) is 6.92 Å². The summed E-state index contributed by atoms with van der Waals surface area (Å²) in [5, 5.41) is 0. The largest absolute Gasteiger partial charge is 0.0985 e. The Bertz CT molecular complexity index is 545. The minimum atomic E-state index is 0.959. The molecule has 0 saturated carbocycles. The Balaban J connectivity index is 2.35. The van der Waals surface area contributed by atoms with Gasteiger partial charge < -0.3 is 0 Å². The van der Waals surface area contributed by atoms with E-state index in [-0.39, 0.29) is 0 Å². The van der Waals surface area contributed by atoms with E-state index in [2.05, 4.69) is 68.6 Å². The molecule has 0 N–H and O–H groups in total. The van der Waals surface area contributed by atoms with Crippen LogP contribution in [0.1, 0.15) is 11.1 Å². The molecule has 0 amide bonds. The highest BCUT2D eigenvalue weighted by atomic mass is 14.0. The van der Waals surface area contributed by atoms with Gasteiger partial charge in [0.15, 0.2) is 0 Å². The van der Waals surface area contributed by atoms with Crippen molar-refractivity contribution in [2.75, 3.05) is 0 Å². The summed E-state index contributed by atoms with van der Waals surface area (Å²) in [6.45, 7) is 9.78. The molecular formula is C17H16. The van der Waals surface area contributed by atoms with E-state index in [4.69, 9.17) is 0 Å². The van der Waals surface area contributed by atoms with Crippen LogP contribution in [-0.4, -0.2) is 0 Å². The molecule has 2 aromatic rings. The molecule has 2 rings (SSSR count). The van der Waals surface area contributed by atoms with Crippen molar-refractivity contribution in [1.29, 1.82) is 0 Å². The zero-order chi connectivity index (χ0) is 12.3. The van der Waals surface area contributed by atoms with Crippen molar-refractivity contribution in [2.45, 2.75) is 6.92 Å². The zero-order valence-electron chi connectivity index (χ0n) is 10.1. The number of rotatable bonds is 3. The van der Waals surface area contributed by atoms with Crippen LogP contribution in [0.15, 0.2) is 67.8 Å². The van der Waals surface area contributed by atoms with Gasteiger partial charge in [0.2, 0.25) is 0 Å². The average Bonchev–Trinajstić information content (AvgIpc) is 2.38. The minimum absolute atomic E-state index is 0.959. The molecule has 0 unspecified atom stereocenters. The number of hydrogen-bond donors (Lipinski definition) is 0. The van der Waals surface area contributed by atoms with Gasteiger partial charge in [-0.05, 0) is 29.2 Å². The van der Waals surface area contributed by atoms with Crippen LogP contribution < -0.4 is 0 Å². The zero-order valence-corrected chi connectivity index (χ0v) is 10.1. The lowest BCUT2D eigenvalue weighted by molar-refractivity contribution is 1.46. The summed E-state index contributed by atoms with van der Waals surface area (Å²) >= 11 is 0. The molecule has 84 valence electrons. The highest BCUT2D eigenvalue weighted by molar-refractivity contribution is 5.74. The Hall–Kier alpha value is -2.08. The summed E-state index contributed by atoms with van der Waals surface area (Å²) in [4.78, 5) is 0. The Morgan fingerprint density at radius 2 is 1.71 bits per heavy atom. The average molecular weight is 220 g/mol. The van der Waals surface area contributed by atoms with Crippen LogP contribution in [0.3, 0.4) is 0 Å². The van der Waals surface area contributed by atoms with Crippen molar-refractivity contribution in [3.63, 3.8) is 0 Å². The quantitative estimate of drug-likeness (QED) is 0.648. The third-order valence-corrected chi connectivity index (χ3v) is 2.85. The molecule has 0 aliphatic carbocycles. The van der Waals surface area contributed by atoms with Gasteiger partial charge in [-0.3, -0.25) is 0 Å². The highest BCUT2D eigenvalue weighted by Gasteiger charge is 1.99. The van der Waals surface area contributed by atoms with Crippen LogP contribution in [0.5, 0.6) is 0 Å². The number of allylic oxidation sites excluding steroid dienone is 2. The Labute approximate surface area is 103 Å². The maximum absolute atomic E-state index is 3.94. The van der Waals surface area contributed by atoms with Crippen molar-refractivity contribution in [2.24, 2.45) is 0 Å². The maximum atomic E-state index is 3.94. The number of aryl methyl sites for hydroxylation is 1. The van der Waals surface area contributed by atoms with Crippen LogP contribution in [-0.2, 0) is 0 Å². The maximum Gasteiger partial charge on any atom is -0.0181 e. The summed E-state index contributed by atoms with van der Waals surface area (Å²) in [6.07, 6.45) is 1.78.